The summed E-state index contributed by atoms with van der Waals surface area (Å²) >= 11 is 7.00. The standard InChI is InChI=1S/C24H20ClN3O5S2/c1-13-8-9-16(12-18(13)15(3)29)17-6-4-5-7-19(17)26-23(30)22-20(10-11-34-22)35(31,32)28-24-21(25)14(2)27-33-24/h4-12,28H,1-3H3,(H,26,30). The van der Waals surface area contributed by atoms with E-state index in [-0.39, 0.29) is 26.5 Å². The molecule has 11 heteroatoms. The van der Waals surface area contributed by atoms with Crippen molar-refractivity contribution in [2.75, 3.05) is 10.0 Å². The molecule has 2 heterocycles. The Hall–Kier alpha value is -3.47. The van der Waals surface area contributed by atoms with Gasteiger partial charge in [-0.15, -0.1) is 11.3 Å². The molecule has 2 N–H and O–H groups in total. The van der Waals surface area contributed by atoms with Crippen LogP contribution in [-0.4, -0.2) is 25.3 Å². The summed E-state index contributed by atoms with van der Waals surface area (Å²) in [6.07, 6.45) is 0. The van der Waals surface area contributed by atoms with Crippen LogP contribution in [0, 0.1) is 13.8 Å². The molecule has 0 bridgehead atoms. The molecule has 4 aromatic rings. The molecule has 0 aliphatic heterocycles. The Morgan fingerprint density at radius 2 is 1.83 bits per heavy atom. The molecule has 0 aliphatic rings. The van der Waals surface area contributed by atoms with E-state index in [1.165, 1.54) is 18.4 Å². The SMILES string of the molecule is CC(=O)c1cc(-c2ccccc2NC(=O)c2sccc2S(=O)(=O)Nc2onc(C)c2Cl)ccc1C. The molecule has 0 saturated heterocycles. The Kier molecular flexibility index (Phi) is 6.79. The van der Waals surface area contributed by atoms with Gasteiger partial charge in [-0.3, -0.25) is 9.59 Å². The number of hydrogen-bond acceptors (Lipinski definition) is 7. The zero-order valence-corrected chi connectivity index (χ0v) is 21.3. The number of carbonyl (C=O) groups excluding carboxylic acids is 2. The highest BCUT2D eigenvalue weighted by atomic mass is 35.5. The van der Waals surface area contributed by atoms with Gasteiger partial charge in [0.25, 0.3) is 21.8 Å². The van der Waals surface area contributed by atoms with Crippen LogP contribution >= 0.6 is 22.9 Å². The first-order valence-electron chi connectivity index (χ1n) is 10.3. The van der Waals surface area contributed by atoms with Crippen molar-refractivity contribution in [2.24, 2.45) is 0 Å². The Balaban J connectivity index is 1.65. The zero-order chi connectivity index (χ0) is 25.3. The Bertz CT molecular complexity index is 1560. The van der Waals surface area contributed by atoms with E-state index in [2.05, 4.69) is 15.2 Å². The molecule has 180 valence electrons. The summed E-state index contributed by atoms with van der Waals surface area (Å²) in [6.45, 7) is 4.92. The highest BCUT2D eigenvalue weighted by Gasteiger charge is 2.27. The van der Waals surface area contributed by atoms with Crippen molar-refractivity contribution in [3.05, 3.63) is 80.6 Å². The topological polar surface area (TPSA) is 118 Å². The lowest BCUT2D eigenvalue weighted by Crippen LogP contribution is -2.18. The summed E-state index contributed by atoms with van der Waals surface area (Å²) in [5, 5.41) is 7.96. The van der Waals surface area contributed by atoms with Gasteiger partial charge >= 0.3 is 0 Å². The minimum atomic E-state index is -4.19. The van der Waals surface area contributed by atoms with Crippen LogP contribution < -0.4 is 10.0 Å². The first-order valence-corrected chi connectivity index (χ1v) is 13.1. The highest BCUT2D eigenvalue weighted by Crippen LogP contribution is 2.33. The number of amides is 1. The van der Waals surface area contributed by atoms with Gasteiger partial charge in [-0.05, 0) is 55.5 Å². The van der Waals surface area contributed by atoms with Crippen molar-refractivity contribution in [3.63, 3.8) is 0 Å². The number of Topliss-reactive ketones (excluding diaryl/α,β-unsaturated/α-hetero) is 1. The van der Waals surface area contributed by atoms with Crippen LogP contribution in [0.15, 0.2) is 63.3 Å². The van der Waals surface area contributed by atoms with Gasteiger partial charge in [-0.25, -0.2) is 13.1 Å². The quantitative estimate of drug-likeness (QED) is 0.286. The summed E-state index contributed by atoms with van der Waals surface area (Å²) in [4.78, 5) is 24.9. The predicted octanol–water partition coefficient (Wildman–Crippen LogP) is 5.93. The Morgan fingerprint density at radius 3 is 2.51 bits per heavy atom. The van der Waals surface area contributed by atoms with E-state index >= 15 is 0 Å². The average Bonchev–Trinajstić information content (AvgIpc) is 3.43. The largest absolute Gasteiger partial charge is 0.336 e. The van der Waals surface area contributed by atoms with E-state index in [1.807, 2.05) is 31.2 Å². The number of benzene rings is 2. The number of aryl methyl sites for hydroxylation is 2. The number of ketones is 1. The maximum atomic E-state index is 13.2. The van der Waals surface area contributed by atoms with Crippen LogP contribution in [0.1, 0.15) is 38.2 Å². The molecule has 0 radical (unpaired) electrons. The summed E-state index contributed by atoms with van der Waals surface area (Å²) in [5.41, 5.74) is 3.66. The number of anilines is 2. The first kappa shape index (κ1) is 24.6. The fourth-order valence-electron chi connectivity index (χ4n) is 3.47. The average molecular weight is 530 g/mol. The van der Waals surface area contributed by atoms with E-state index in [4.69, 9.17) is 16.1 Å². The number of thiophene rings is 1. The predicted molar refractivity (Wildman–Crippen MR) is 136 cm³/mol. The van der Waals surface area contributed by atoms with E-state index in [0.717, 1.165) is 22.5 Å². The number of aromatic nitrogens is 1. The molecule has 8 nitrogen and oxygen atoms in total. The molecule has 1 amide bonds. The summed E-state index contributed by atoms with van der Waals surface area (Å²) in [7, 11) is -4.19. The summed E-state index contributed by atoms with van der Waals surface area (Å²) in [6, 6.07) is 13.9. The van der Waals surface area contributed by atoms with Crippen LogP contribution in [0.25, 0.3) is 11.1 Å². The van der Waals surface area contributed by atoms with E-state index < -0.39 is 15.9 Å². The van der Waals surface area contributed by atoms with Gasteiger partial charge in [0.2, 0.25) is 0 Å². The van der Waals surface area contributed by atoms with Crippen LogP contribution in [0.2, 0.25) is 5.02 Å². The van der Waals surface area contributed by atoms with Gasteiger partial charge in [0.15, 0.2) is 5.78 Å². The first-order chi connectivity index (χ1) is 16.6. The normalized spacial score (nSPS) is 11.3. The molecule has 2 aromatic carbocycles. The number of carbonyl (C=O) groups is 2. The zero-order valence-electron chi connectivity index (χ0n) is 18.9. The molecular weight excluding hydrogens is 510 g/mol. The van der Waals surface area contributed by atoms with Gasteiger partial charge in [0.1, 0.15) is 20.5 Å². The van der Waals surface area contributed by atoms with Crippen molar-refractivity contribution < 1.29 is 22.5 Å². The van der Waals surface area contributed by atoms with Crippen LogP contribution in [-0.2, 0) is 10.0 Å². The fraction of sp³-hybridized carbons (Fsp3) is 0.125. The molecule has 0 spiro atoms. The van der Waals surface area contributed by atoms with Gasteiger partial charge in [0.05, 0.1) is 0 Å². The number of nitrogens with one attached hydrogen (secondary N) is 2. The Morgan fingerprint density at radius 1 is 1.09 bits per heavy atom. The molecule has 0 aliphatic carbocycles. The van der Waals surface area contributed by atoms with Crippen molar-refractivity contribution in [1.29, 1.82) is 0 Å². The van der Waals surface area contributed by atoms with Crippen molar-refractivity contribution in [3.8, 4) is 11.1 Å². The van der Waals surface area contributed by atoms with Crippen molar-refractivity contribution in [2.45, 2.75) is 25.7 Å². The van der Waals surface area contributed by atoms with Crippen molar-refractivity contribution in [1.82, 2.24) is 5.16 Å². The monoisotopic (exact) mass is 529 g/mol. The third-order valence-corrected chi connectivity index (χ3v) is 8.11. The lowest BCUT2D eigenvalue weighted by molar-refractivity contribution is 0.101. The van der Waals surface area contributed by atoms with E-state index in [0.29, 0.717) is 22.5 Å². The lowest BCUT2D eigenvalue weighted by Gasteiger charge is -2.13. The van der Waals surface area contributed by atoms with E-state index in [1.54, 1.807) is 25.1 Å². The number of hydrogen-bond donors (Lipinski definition) is 2. The molecule has 4 rings (SSSR count). The molecule has 0 unspecified atom stereocenters. The fourth-order valence-corrected chi connectivity index (χ4v) is 5.96. The minimum Gasteiger partial charge on any atom is -0.336 e. The molecule has 2 aromatic heterocycles. The number of para-hydroxylation sites is 1. The summed E-state index contributed by atoms with van der Waals surface area (Å²) in [5.74, 6) is -0.895. The molecule has 35 heavy (non-hydrogen) atoms. The molecule has 0 atom stereocenters. The maximum absolute atomic E-state index is 13.2. The highest BCUT2D eigenvalue weighted by molar-refractivity contribution is 7.93. The molecule has 0 saturated carbocycles. The smallest absolute Gasteiger partial charge is 0.267 e. The van der Waals surface area contributed by atoms with Gasteiger partial charge < -0.3 is 9.84 Å². The maximum Gasteiger partial charge on any atom is 0.267 e. The van der Waals surface area contributed by atoms with Crippen LogP contribution in [0.4, 0.5) is 11.6 Å². The third-order valence-electron chi connectivity index (χ3n) is 5.25. The van der Waals surface area contributed by atoms with Crippen molar-refractivity contribution >= 4 is 56.2 Å². The lowest BCUT2D eigenvalue weighted by atomic mass is 9.97. The number of rotatable bonds is 7. The van der Waals surface area contributed by atoms with Gasteiger partial charge in [0, 0.05) is 16.8 Å². The Labute approximate surface area is 211 Å². The van der Waals surface area contributed by atoms with Crippen LogP contribution in [0.5, 0.6) is 0 Å². The number of halogens is 1. The second-order valence-corrected chi connectivity index (χ2v) is 10.7. The number of nitrogens with zero attached hydrogens (tertiary/aromatic N) is 1. The van der Waals surface area contributed by atoms with Gasteiger partial charge in [-0.1, -0.05) is 47.1 Å². The second kappa shape index (κ2) is 9.65. The van der Waals surface area contributed by atoms with Crippen LogP contribution in [0.3, 0.4) is 0 Å². The minimum absolute atomic E-state index is 0.0204. The summed E-state index contributed by atoms with van der Waals surface area (Å²) < 4.78 is 33.1. The van der Waals surface area contributed by atoms with Gasteiger partial charge in [-0.2, -0.15) is 0 Å². The molecular formula is C24H20ClN3O5S2. The molecule has 0 fully saturated rings. The third kappa shape index (κ3) is 5.00. The number of sulfonamides is 1. The second-order valence-electron chi connectivity index (χ2n) is 7.72. The van der Waals surface area contributed by atoms with E-state index in [9.17, 15) is 18.0 Å².